The maximum absolute atomic E-state index is 9.42. The van der Waals surface area contributed by atoms with Gasteiger partial charge in [0, 0.05) is 6.54 Å². The van der Waals surface area contributed by atoms with Gasteiger partial charge in [0.15, 0.2) is 23.4 Å². The Morgan fingerprint density at radius 2 is 2.20 bits per heavy atom. The van der Waals surface area contributed by atoms with Gasteiger partial charge in [0.05, 0.1) is 12.6 Å². The Hall–Kier alpha value is -2.44. The van der Waals surface area contributed by atoms with Crippen molar-refractivity contribution < 1.29 is 10.2 Å². The Labute approximate surface area is 117 Å². The molecule has 0 aromatic heterocycles. The summed E-state index contributed by atoms with van der Waals surface area (Å²) in [6.45, 7) is 3.15. The minimum Gasteiger partial charge on any atom is -0.504 e. The third-order valence-electron chi connectivity index (χ3n) is 2.87. The Morgan fingerprint density at radius 1 is 1.40 bits per heavy atom. The second-order valence-corrected chi connectivity index (χ2v) is 4.68. The summed E-state index contributed by atoms with van der Waals surface area (Å²) in [5, 5.41) is 24.7. The van der Waals surface area contributed by atoms with E-state index in [2.05, 4.69) is 20.6 Å². The van der Waals surface area contributed by atoms with Crippen molar-refractivity contribution in [3.63, 3.8) is 0 Å². The molecule has 0 saturated carbocycles. The Balaban J connectivity index is 1.89. The van der Waals surface area contributed by atoms with E-state index >= 15 is 0 Å². The first-order valence-electron chi connectivity index (χ1n) is 6.44. The van der Waals surface area contributed by atoms with Gasteiger partial charge in [-0.05, 0) is 31.0 Å². The number of aliphatic imine (C=N–C) groups is 2. The molecule has 6 N–H and O–H groups in total. The number of rotatable bonds is 3. The van der Waals surface area contributed by atoms with Gasteiger partial charge in [0.1, 0.15) is 0 Å². The van der Waals surface area contributed by atoms with Crippen LogP contribution < -0.4 is 16.4 Å². The van der Waals surface area contributed by atoms with E-state index in [9.17, 15) is 10.2 Å². The van der Waals surface area contributed by atoms with Crippen molar-refractivity contribution in [1.29, 1.82) is 0 Å². The lowest BCUT2D eigenvalue weighted by molar-refractivity contribution is 0.403. The minimum atomic E-state index is -0.116. The maximum Gasteiger partial charge on any atom is 0.198 e. The van der Waals surface area contributed by atoms with E-state index in [1.54, 1.807) is 6.07 Å². The van der Waals surface area contributed by atoms with E-state index in [1.165, 1.54) is 12.1 Å². The van der Waals surface area contributed by atoms with Crippen molar-refractivity contribution in [3.05, 3.63) is 23.8 Å². The second kappa shape index (κ2) is 6.14. The molecule has 1 aromatic carbocycles. The number of benzene rings is 1. The van der Waals surface area contributed by atoms with E-state index in [1.807, 2.05) is 6.92 Å². The highest BCUT2D eigenvalue weighted by molar-refractivity contribution is 5.98. The van der Waals surface area contributed by atoms with Crippen molar-refractivity contribution in [2.24, 2.45) is 15.7 Å². The molecular weight excluding hydrogens is 258 g/mol. The molecule has 0 radical (unpaired) electrons. The van der Waals surface area contributed by atoms with Crippen LogP contribution in [0.1, 0.15) is 12.5 Å². The smallest absolute Gasteiger partial charge is 0.198 e. The van der Waals surface area contributed by atoms with E-state index in [0.717, 1.165) is 5.56 Å². The van der Waals surface area contributed by atoms with Crippen LogP contribution in [-0.4, -0.2) is 41.3 Å². The van der Waals surface area contributed by atoms with Gasteiger partial charge in [0.2, 0.25) is 0 Å². The molecule has 0 amide bonds. The number of aromatic hydroxyl groups is 2. The molecule has 108 valence electrons. The van der Waals surface area contributed by atoms with Crippen molar-refractivity contribution in [2.45, 2.75) is 19.4 Å². The van der Waals surface area contributed by atoms with E-state index < -0.39 is 0 Å². The summed E-state index contributed by atoms with van der Waals surface area (Å²) in [7, 11) is 0. The van der Waals surface area contributed by atoms with Crippen molar-refractivity contribution in [1.82, 2.24) is 10.6 Å². The molecule has 7 nitrogen and oxygen atoms in total. The summed E-state index contributed by atoms with van der Waals surface area (Å²) in [4.78, 5) is 8.51. The van der Waals surface area contributed by atoms with Crippen LogP contribution in [0.2, 0.25) is 0 Å². The van der Waals surface area contributed by atoms with E-state index in [4.69, 9.17) is 5.73 Å². The average molecular weight is 277 g/mol. The summed E-state index contributed by atoms with van der Waals surface area (Å²) in [5.41, 5.74) is 6.58. The number of hydrogen-bond acceptors (Lipinski definition) is 7. The number of nitrogens with one attached hydrogen (secondary N) is 2. The third-order valence-corrected chi connectivity index (χ3v) is 2.87. The molecule has 0 aliphatic carbocycles. The lowest BCUT2D eigenvalue weighted by Gasteiger charge is -2.11. The maximum atomic E-state index is 9.42. The molecule has 1 unspecified atom stereocenters. The Kier molecular flexibility index (Phi) is 4.29. The number of nitrogens with zero attached hydrogens (tertiary/aromatic N) is 2. The predicted octanol–water partition coefficient (Wildman–Crippen LogP) is -0.108. The van der Waals surface area contributed by atoms with Crippen molar-refractivity contribution in [3.8, 4) is 11.5 Å². The van der Waals surface area contributed by atoms with Crippen LogP contribution in [0, 0.1) is 0 Å². The van der Waals surface area contributed by atoms with Crippen LogP contribution >= 0.6 is 0 Å². The van der Waals surface area contributed by atoms with E-state index in [-0.39, 0.29) is 17.5 Å². The minimum absolute atomic E-state index is 0.0729. The van der Waals surface area contributed by atoms with Crippen LogP contribution in [-0.2, 0) is 6.42 Å². The van der Waals surface area contributed by atoms with Crippen molar-refractivity contribution >= 4 is 11.9 Å². The van der Waals surface area contributed by atoms with Gasteiger partial charge < -0.3 is 21.3 Å². The highest BCUT2D eigenvalue weighted by Crippen LogP contribution is 2.24. The molecule has 0 spiro atoms. The molecule has 1 aromatic rings. The molecule has 0 fully saturated rings. The van der Waals surface area contributed by atoms with Gasteiger partial charge in [-0.1, -0.05) is 6.07 Å². The molecule has 1 aliphatic rings. The van der Waals surface area contributed by atoms with Crippen LogP contribution in [0.4, 0.5) is 0 Å². The zero-order chi connectivity index (χ0) is 14.5. The third kappa shape index (κ3) is 3.78. The highest BCUT2D eigenvalue weighted by Gasteiger charge is 2.09. The number of phenols is 2. The largest absolute Gasteiger partial charge is 0.504 e. The number of phenolic OH excluding ortho intramolecular Hbond substituents is 2. The van der Waals surface area contributed by atoms with Crippen LogP contribution in [0.15, 0.2) is 28.2 Å². The van der Waals surface area contributed by atoms with Gasteiger partial charge in [0.25, 0.3) is 0 Å². The van der Waals surface area contributed by atoms with Crippen molar-refractivity contribution in [2.75, 3.05) is 13.1 Å². The molecule has 0 bridgehead atoms. The lowest BCUT2D eigenvalue weighted by Crippen LogP contribution is -2.44. The van der Waals surface area contributed by atoms with Gasteiger partial charge >= 0.3 is 0 Å². The Morgan fingerprint density at radius 3 is 2.95 bits per heavy atom. The van der Waals surface area contributed by atoms with Gasteiger partial charge in [-0.2, -0.15) is 0 Å². The molecule has 7 heteroatoms. The number of nitrogens with two attached hydrogens (primary N) is 1. The first-order chi connectivity index (χ1) is 9.54. The fourth-order valence-electron chi connectivity index (χ4n) is 1.82. The number of hydrogen-bond donors (Lipinski definition) is 5. The molecule has 1 atom stereocenters. The molecule has 1 aliphatic heterocycles. The quantitative estimate of drug-likeness (QED) is 0.495. The monoisotopic (exact) mass is 277 g/mol. The molecule has 0 saturated heterocycles. The summed E-state index contributed by atoms with van der Waals surface area (Å²) in [6, 6.07) is 4.84. The zero-order valence-electron chi connectivity index (χ0n) is 11.3. The molecule has 1 heterocycles. The topological polar surface area (TPSA) is 115 Å². The van der Waals surface area contributed by atoms with Crippen LogP contribution in [0.5, 0.6) is 11.5 Å². The highest BCUT2D eigenvalue weighted by atomic mass is 16.3. The lowest BCUT2D eigenvalue weighted by atomic mass is 10.1. The SMILES string of the molecule is CC1CN=C(N)NC(NCCc2ccc(O)c(O)c2)=N1. The van der Waals surface area contributed by atoms with Gasteiger partial charge in [-0.15, -0.1) is 0 Å². The fraction of sp³-hybridized carbons (Fsp3) is 0.385. The van der Waals surface area contributed by atoms with Gasteiger partial charge in [-0.25, -0.2) is 4.99 Å². The fourth-order valence-corrected chi connectivity index (χ4v) is 1.82. The summed E-state index contributed by atoms with van der Waals surface area (Å²) >= 11 is 0. The second-order valence-electron chi connectivity index (χ2n) is 4.68. The standard InChI is InChI=1S/C13H19N5O2/c1-8-7-16-12(14)18-13(17-8)15-5-4-9-2-3-10(19)11(20)6-9/h2-3,6,8,19-20H,4-5,7H2,1H3,(H4,14,15,16,17,18). The first kappa shape index (κ1) is 14.0. The summed E-state index contributed by atoms with van der Waals surface area (Å²) in [6.07, 6.45) is 0.681. The predicted molar refractivity (Wildman–Crippen MR) is 78.0 cm³/mol. The first-order valence-corrected chi connectivity index (χ1v) is 6.44. The Bertz CT molecular complexity index is 542. The zero-order valence-corrected chi connectivity index (χ0v) is 11.3. The van der Waals surface area contributed by atoms with Crippen LogP contribution in [0.3, 0.4) is 0 Å². The van der Waals surface area contributed by atoms with Gasteiger partial charge in [-0.3, -0.25) is 10.3 Å². The number of guanidine groups is 2. The average Bonchev–Trinajstić information content (AvgIpc) is 2.55. The normalized spacial score (nSPS) is 18.6. The molecular formula is C13H19N5O2. The molecule has 2 rings (SSSR count). The molecule has 20 heavy (non-hydrogen) atoms. The van der Waals surface area contributed by atoms with E-state index in [0.29, 0.717) is 31.4 Å². The van der Waals surface area contributed by atoms with Crippen LogP contribution in [0.25, 0.3) is 0 Å². The summed E-state index contributed by atoms with van der Waals surface area (Å²) in [5.74, 6) is 0.717. The summed E-state index contributed by atoms with van der Waals surface area (Å²) < 4.78 is 0.